The minimum Gasteiger partial charge on any atom is -0.488 e. The maximum absolute atomic E-state index is 12.3. The molecule has 1 atom stereocenters. The van der Waals surface area contributed by atoms with E-state index in [4.69, 9.17) is 10.5 Å². The Kier molecular flexibility index (Phi) is 6.45. The average Bonchev–Trinajstić information content (AvgIpc) is 3.26. The van der Waals surface area contributed by atoms with Crippen molar-refractivity contribution in [2.75, 3.05) is 6.54 Å². The summed E-state index contributed by atoms with van der Waals surface area (Å²) in [7, 11) is 0. The van der Waals surface area contributed by atoms with Crippen molar-refractivity contribution in [2.24, 2.45) is 11.7 Å². The summed E-state index contributed by atoms with van der Waals surface area (Å²) in [6.07, 6.45) is 2.32. The Morgan fingerprint density at radius 1 is 1.35 bits per heavy atom. The van der Waals surface area contributed by atoms with Crippen LogP contribution in [0.5, 0.6) is 5.75 Å². The molecule has 1 aromatic carbocycles. The number of rotatable bonds is 7. The van der Waals surface area contributed by atoms with Crippen LogP contribution in [0.3, 0.4) is 0 Å². The Bertz CT molecular complexity index is 629. The number of carbonyl (C=O) groups is 1. The van der Waals surface area contributed by atoms with Gasteiger partial charge in [-0.2, -0.15) is 0 Å². The van der Waals surface area contributed by atoms with Gasteiger partial charge in [0, 0.05) is 23.0 Å². The Labute approximate surface area is 146 Å². The van der Waals surface area contributed by atoms with Gasteiger partial charge in [0.05, 0.1) is 0 Å². The van der Waals surface area contributed by atoms with Crippen LogP contribution < -0.4 is 15.8 Å². The van der Waals surface area contributed by atoms with Gasteiger partial charge in [-0.25, -0.2) is 0 Å². The van der Waals surface area contributed by atoms with Crippen molar-refractivity contribution in [1.82, 2.24) is 5.32 Å². The molecule has 1 saturated carbocycles. The highest BCUT2D eigenvalue weighted by molar-refractivity contribution is 7.09. The van der Waals surface area contributed by atoms with E-state index in [1.165, 1.54) is 0 Å². The molecule has 1 aliphatic carbocycles. The molecule has 0 spiro atoms. The fourth-order valence-corrected chi connectivity index (χ4v) is 3.01. The predicted octanol–water partition coefficient (Wildman–Crippen LogP) is 3.22. The van der Waals surface area contributed by atoms with E-state index in [9.17, 15) is 4.79 Å². The molecule has 3 rings (SSSR count). The number of carbonyl (C=O) groups excluding carboxylic acids is 1. The van der Waals surface area contributed by atoms with Gasteiger partial charge in [-0.3, -0.25) is 4.79 Å². The first kappa shape index (κ1) is 17.8. The first-order valence-corrected chi connectivity index (χ1v) is 8.40. The van der Waals surface area contributed by atoms with E-state index in [1.54, 1.807) is 23.5 Å². The molecule has 1 fully saturated rings. The molecule has 1 heterocycles. The standard InChI is InChI=1S/C17H20N2O2S.ClH/c18-10-16(12-6-7-12)19-17(20)13-3-1-4-14(9-13)21-11-15-5-2-8-22-15;/h1-5,8-9,12,16H,6-7,10-11,18H2,(H,19,20);1H. The summed E-state index contributed by atoms with van der Waals surface area (Å²) < 4.78 is 5.74. The third-order valence-corrected chi connectivity index (χ3v) is 4.67. The van der Waals surface area contributed by atoms with E-state index >= 15 is 0 Å². The predicted molar refractivity (Wildman–Crippen MR) is 95.4 cm³/mol. The zero-order chi connectivity index (χ0) is 15.4. The zero-order valence-corrected chi connectivity index (χ0v) is 14.4. The summed E-state index contributed by atoms with van der Waals surface area (Å²) in [5.74, 6) is 1.17. The average molecular weight is 353 g/mol. The fourth-order valence-electron chi connectivity index (χ4n) is 2.40. The monoisotopic (exact) mass is 352 g/mol. The summed E-state index contributed by atoms with van der Waals surface area (Å²) in [4.78, 5) is 13.5. The van der Waals surface area contributed by atoms with Crippen LogP contribution in [0, 0.1) is 5.92 Å². The van der Waals surface area contributed by atoms with Crippen molar-refractivity contribution in [3.63, 3.8) is 0 Å². The topological polar surface area (TPSA) is 64.3 Å². The van der Waals surface area contributed by atoms with Crippen LogP contribution in [0.25, 0.3) is 0 Å². The molecule has 0 radical (unpaired) electrons. The first-order chi connectivity index (χ1) is 10.8. The molecular formula is C17H21ClN2O2S. The van der Waals surface area contributed by atoms with Gasteiger partial charge in [-0.05, 0) is 48.4 Å². The quantitative estimate of drug-likeness (QED) is 0.804. The molecule has 6 heteroatoms. The number of benzene rings is 1. The highest BCUT2D eigenvalue weighted by Gasteiger charge is 2.31. The van der Waals surface area contributed by atoms with Crippen molar-refractivity contribution in [3.8, 4) is 5.75 Å². The largest absolute Gasteiger partial charge is 0.488 e. The Morgan fingerprint density at radius 3 is 2.83 bits per heavy atom. The summed E-state index contributed by atoms with van der Waals surface area (Å²) in [5.41, 5.74) is 6.35. The van der Waals surface area contributed by atoms with E-state index in [1.807, 2.05) is 29.6 Å². The number of thiophene rings is 1. The van der Waals surface area contributed by atoms with Crippen LogP contribution >= 0.6 is 23.7 Å². The minimum absolute atomic E-state index is 0. The third kappa shape index (κ3) is 4.96. The maximum Gasteiger partial charge on any atom is 0.251 e. The normalized spacial score (nSPS) is 14.7. The van der Waals surface area contributed by atoms with Crippen molar-refractivity contribution >= 4 is 29.7 Å². The molecule has 4 nitrogen and oxygen atoms in total. The van der Waals surface area contributed by atoms with Gasteiger partial charge in [-0.15, -0.1) is 23.7 Å². The SMILES string of the molecule is Cl.NCC(NC(=O)c1cccc(OCc2cccs2)c1)C1CC1. The molecule has 1 unspecified atom stereocenters. The van der Waals surface area contributed by atoms with Gasteiger partial charge in [0.2, 0.25) is 0 Å². The van der Waals surface area contributed by atoms with Crippen LogP contribution in [-0.4, -0.2) is 18.5 Å². The van der Waals surface area contributed by atoms with Gasteiger partial charge in [0.1, 0.15) is 12.4 Å². The lowest BCUT2D eigenvalue weighted by molar-refractivity contribution is 0.0933. The molecule has 3 N–H and O–H groups in total. The Balaban J connectivity index is 0.00000192. The van der Waals surface area contributed by atoms with Crippen LogP contribution in [0.2, 0.25) is 0 Å². The fraction of sp³-hybridized carbons (Fsp3) is 0.353. The van der Waals surface area contributed by atoms with Crippen LogP contribution in [0.1, 0.15) is 28.1 Å². The van der Waals surface area contributed by atoms with E-state index < -0.39 is 0 Å². The zero-order valence-electron chi connectivity index (χ0n) is 12.7. The number of hydrogen-bond acceptors (Lipinski definition) is 4. The molecule has 0 saturated heterocycles. The smallest absolute Gasteiger partial charge is 0.251 e. The highest BCUT2D eigenvalue weighted by Crippen LogP contribution is 2.32. The van der Waals surface area contributed by atoms with Gasteiger partial charge in [0.25, 0.3) is 5.91 Å². The third-order valence-electron chi connectivity index (χ3n) is 3.82. The lowest BCUT2D eigenvalue weighted by Crippen LogP contribution is -2.41. The van der Waals surface area contributed by atoms with E-state index in [0.717, 1.165) is 17.7 Å². The molecule has 124 valence electrons. The Hall–Kier alpha value is -1.56. The van der Waals surface area contributed by atoms with Crippen molar-refractivity contribution < 1.29 is 9.53 Å². The van der Waals surface area contributed by atoms with Gasteiger partial charge >= 0.3 is 0 Å². The summed E-state index contributed by atoms with van der Waals surface area (Å²) in [5, 5.41) is 5.05. The number of ether oxygens (including phenoxy) is 1. The molecule has 0 bridgehead atoms. The molecule has 1 aromatic heterocycles. The molecule has 2 aromatic rings. The second-order valence-corrected chi connectivity index (χ2v) is 6.58. The number of nitrogens with two attached hydrogens (primary N) is 1. The molecule has 1 aliphatic rings. The number of nitrogens with one attached hydrogen (secondary N) is 1. The van der Waals surface area contributed by atoms with E-state index in [2.05, 4.69) is 5.32 Å². The maximum atomic E-state index is 12.3. The van der Waals surface area contributed by atoms with Crippen LogP contribution in [0.4, 0.5) is 0 Å². The molecular weight excluding hydrogens is 332 g/mol. The Morgan fingerprint density at radius 2 is 2.17 bits per heavy atom. The second kappa shape index (κ2) is 8.34. The first-order valence-electron chi connectivity index (χ1n) is 7.52. The lowest BCUT2D eigenvalue weighted by atomic mass is 10.1. The number of halogens is 1. The molecule has 1 amide bonds. The minimum atomic E-state index is -0.0797. The van der Waals surface area contributed by atoms with E-state index in [0.29, 0.717) is 30.4 Å². The van der Waals surface area contributed by atoms with E-state index in [-0.39, 0.29) is 24.4 Å². The summed E-state index contributed by atoms with van der Waals surface area (Å²) >= 11 is 1.66. The van der Waals surface area contributed by atoms with Gasteiger partial charge in [0.15, 0.2) is 0 Å². The van der Waals surface area contributed by atoms with Crippen molar-refractivity contribution in [3.05, 3.63) is 52.2 Å². The molecule has 23 heavy (non-hydrogen) atoms. The van der Waals surface area contributed by atoms with Crippen LogP contribution in [0.15, 0.2) is 41.8 Å². The van der Waals surface area contributed by atoms with Crippen molar-refractivity contribution in [2.45, 2.75) is 25.5 Å². The van der Waals surface area contributed by atoms with Gasteiger partial charge < -0.3 is 15.8 Å². The van der Waals surface area contributed by atoms with Gasteiger partial charge in [-0.1, -0.05) is 12.1 Å². The lowest BCUT2D eigenvalue weighted by Gasteiger charge is -2.16. The molecule has 0 aliphatic heterocycles. The summed E-state index contributed by atoms with van der Waals surface area (Å²) in [6.45, 7) is 1.02. The summed E-state index contributed by atoms with van der Waals surface area (Å²) in [6, 6.07) is 11.4. The highest BCUT2D eigenvalue weighted by atomic mass is 35.5. The number of hydrogen-bond donors (Lipinski definition) is 2. The second-order valence-electron chi connectivity index (χ2n) is 5.55. The number of amides is 1. The van der Waals surface area contributed by atoms with Crippen LogP contribution in [-0.2, 0) is 6.61 Å². The van der Waals surface area contributed by atoms with Crippen molar-refractivity contribution in [1.29, 1.82) is 0 Å².